The second-order valence-corrected chi connectivity index (χ2v) is 5.28. The molecule has 0 saturated carbocycles. The highest BCUT2D eigenvalue weighted by atomic mass is 35.5. The van der Waals surface area contributed by atoms with Crippen molar-refractivity contribution >= 4 is 23.6 Å². The molecule has 116 valence electrons. The van der Waals surface area contributed by atoms with Gasteiger partial charge in [0.2, 0.25) is 5.91 Å². The third-order valence-corrected chi connectivity index (χ3v) is 3.25. The van der Waals surface area contributed by atoms with E-state index < -0.39 is 0 Å². The van der Waals surface area contributed by atoms with Crippen LogP contribution in [-0.4, -0.2) is 31.0 Å². The lowest BCUT2D eigenvalue weighted by atomic mass is 10.3. The summed E-state index contributed by atoms with van der Waals surface area (Å²) in [6.45, 7) is 2.74. The number of aryl methyl sites for hydroxylation is 1. The maximum absolute atomic E-state index is 11.9. The summed E-state index contributed by atoms with van der Waals surface area (Å²) in [6, 6.07) is 10.8. The topological polar surface area (TPSA) is 42.7 Å². The Bertz CT molecular complexity index is 663. The second kappa shape index (κ2) is 7.71. The Labute approximate surface area is 134 Å². The van der Waals surface area contributed by atoms with Crippen molar-refractivity contribution in [1.82, 2.24) is 4.90 Å². The van der Waals surface area contributed by atoms with E-state index in [0.29, 0.717) is 29.7 Å². The highest BCUT2D eigenvalue weighted by Gasteiger charge is 2.05. The molecule has 0 unspecified atom stereocenters. The number of carbonyl (C=O) groups is 1. The van der Waals surface area contributed by atoms with Crippen LogP contribution in [0.25, 0.3) is 6.08 Å². The maximum atomic E-state index is 11.9. The van der Waals surface area contributed by atoms with Gasteiger partial charge in [0.25, 0.3) is 0 Å². The number of hydrogen-bond acceptors (Lipinski definition) is 3. The first-order chi connectivity index (χ1) is 10.5. The SMILES string of the molecule is Cc1ccc(/C=C/C(=O)N(C)CCOc2cccc(Cl)c2)o1. The lowest BCUT2D eigenvalue weighted by Gasteiger charge is -2.15. The Morgan fingerprint density at radius 3 is 2.86 bits per heavy atom. The van der Waals surface area contributed by atoms with Gasteiger partial charge in [-0.25, -0.2) is 0 Å². The summed E-state index contributed by atoms with van der Waals surface area (Å²) >= 11 is 5.88. The molecule has 1 aromatic heterocycles. The van der Waals surface area contributed by atoms with E-state index in [1.807, 2.05) is 31.2 Å². The van der Waals surface area contributed by atoms with Gasteiger partial charge in [-0.05, 0) is 43.3 Å². The fourth-order valence-corrected chi connectivity index (χ4v) is 1.97. The number of rotatable bonds is 6. The number of halogens is 1. The van der Waals surface area contributed by atoms with Gasteiger partial charge in [-0.3, -0.25) is 4.79 Å². The quantitative estimate of drug-likeness (QED) is 0.761. The predicted molar refractivity (Wildman–Crippen MR) is 87.1 cm³/mol. The van der Waals surface area contributed by atoms with Crippen molar-refractivity contribution < 1.29 is 13.9 Å². The van der Waals surface area contributed by atoms with Crippen LogP contribution in [0.15, 0.2) is 46.9 Å². The lowest BCUT2D eigenvalue weighted by Crippen LogP contribution is -2.29. The molecule has 22 heavy (non-hydrogen) atoms. The third-order valence-electron chi connectivity index (χ3n) is 3.02. The van der Waals surface area contributed by atoms with Gasteiger partial charge in [-0.2, -0.15) is 0 Å². The van der Waals surface area contributed by atoms with Crippen LogP contribution < -0.4 is 4.74 Å². The lowest BCUT2D eigenvalue weighted by molar-refractivity contribution is -0.125. The van der Waals surface area contributed by atoms with Crippen LogP contribution in [0, 0.1) is 6.92 Å². The zero-order valence-corrected chi connectivity index (χ0v) is 13.3. The van der Waals surface area contributed by atoms with Crippen LogP contribution in [-0.2, 0) is 4.79 Å². The molecule has 0 N–H and O–H groups in total. The minimum atomic E-state index is -0.108. The molecule has 1 aromatic carbocycles. The maximum Gasteiger partial charge on any atom is 0.246 e. The highest BCUT2D eigenvalue weighted by molar-refractivity contribution is 6.30. The molecule has 1 heterocycles. The van der Waals surface area contributed by atoms with E-state index in [0.717, 1.165) is 5.76 Å². The molecule has 5 heteroatoms. The molecule has 2 aromatic rings. The Hall–Kier alpha value is -2.20. The summed E-state index contributed by atoms with van der Waals surface area (Å²) in [7, 11) is 1.72. The Balaban J connectivity index is 1.78. The van der Waals surface area contributed by atoms with Crippen molar-refractivity contribution in [2.24, 2.45) is 0 Å². The van der Waals surface area contributed by atoms with Gasteiger partial charge in [-0.1, -0.05) is 17.7 Å². The number of ether oxygens (including phenoxy) is 1. The van der Waals surface area contributed by atoms with Crippen LogP contribution in [0.1, 0.15) is 11.5 Å². The highest BCUT2D eigenvalue weighted by Crippen LogP contribution is 2.16. The first-order valence-electron chi connectivity index (χ1n) is 6.92. The van der Waals surface area contributed by atoms with Crippen LogP contribution >= 0.6 is 11.6 Å². The molecule has 0 spiro atoms. The van der Waals surface area contributed by atoms with E-state index in [1.54, 1.807) is 30.2 Å². The van der Waals surface area contributed by atoms with Crippen molar-refractivity contribution in [2.45, 2.75) is 6.92 Å². The van der Waals surface area contributed by atoms with Crippen LogP contribution in [0.4, 0.5) is 0 Å². The molecule has 0 saturated heterocycles. The molecule has 0 fully saturated rings. The van der Waals surface area contributed by atoms with Crippen molar-refractivity contribution in [3.05, 3.63) is 59.0 Å². The molecule has 0 aliphatic rings. The van der Waals surface area contributed by atoms with Crippen LogP contribution in [0.3, 0.4) is 0 Å². The zero-order chi connectivity index (χ0) is 15.9. The molecule has 2 rings (SSSR count). The van der Waals surface area contributed by atoms with Gasteiger partial charge in [0.15, 0.2) is 0 Å². The molecule has 0 atom stereocenters. The number of nitrogens with zero attached hydrogens (tertiary/aromatic N) is 1. The Morgan fingerprint density at radius 2 is 2.18 bits per heavy atom. The van der Waals surface area contributed by atoms with Gasteiger partial charge >= 0.3 is 0 Å². The van der Waals surface area contributed by atoms with E-state index in [1.165, 1.54) is 6.08 Å². The Morgan fingerprint density at radius 1 is 1.36 bits per heavy atom. The smallest absolute Gasteiger partial charge is 0.246 e. The van der Waals surface area contributed by atoms with Gasteiger partial charge in [-0.15, -0.1) is 0 Å². The first-order valence-corrected chi connectivity index (χ1v) is 7.30. The predicted octanol–water partition coefficient (Wildman–Crippen LogP) is 3.79. The molecular weight excluding hydrogens is 302 g/mol. The number of amides is 1. The van der Waals surface area contributed by atoms with Crippen molar-refractivity contribution in [3.63, 3.8) is 0 Å². The van der Waals surface area contributed by atoms with E-state index >= 15 is 0 Å². The van der Waals surface area contributed by atoms with E-state index in [2.05, 4.69) is 0 Å². The normalized spacial score (nSPS) is 10.9. The average molecular weight is 320 g/mol. The van der Waals surface area contributed by atoms with E-state index in [-0.39, 0.29) is 5.91 Å². The van der Waals surface area contributed by atoms with Crippen LogP contribution in [0.5, 0.6) is 5.75 Å². The summed E-state index contributed by atoms with van der Waals surface area (Å²) < 4.78 is 10.9. The molecule has 0 radical (unpaired) electrons. The molecule has 1 amide bonds. The number of likely N-dealkylation sites (N-methyl/N-ethyl adjacent to an activating group) is 1. The van der Waals surface area contributed by atoms with Gasteiger partial charge in [0.05, 0.1) is 6.54 Å². The summed E-state index contributed by atoms with van der Waals surface area (Å²) in [6.07, 6.45) is 3.14. The third kappa shape index (κ3) is 4.97. The van der Waals surface area contributed by atoms with Gasteiger partial charge in [0, 0.05) is 18.1 Å². The molecular formula is C17H18ClNO3. The van der Waals surface area contributed by atoms with E-state index in [4.69, 9.17) is 20.8 Å². The Kier molecular flexibility index (Phi) is 5.67. The second-order valence-electron chi connectivity index (χ2n) is 4.85. The van der Waals surface area contributed by atoms with Crippen molar-refractivity contribution in [1.29, 1.82) is 0 Å². The summed E-state index contributed by atoms with van der Waals surface area (Å²) in [4.78, 5) is 13.5. The molecule has 4 nitrogen and oxygen atoms in total. The minimum Gasteiger partial charge on any atom is -0.492 e. The number of hydrogen-bond donors (Lipinski definition) is 0. The van der Waals surface area contributed by atoms with Crippen molar-refractivity contribution in [2.75, 3.05) is 20.2 Å². The fraction of sp³-hybridized carbons (Fsp3) is 0.235. The summed E-state index contributed by atoms with van der Waals surface area (Å²) in [5.41, 5.74) is 0. The zero-order valence-electron chi connectivity index (χ0n) is 12.6. The largest absolute Gasteiger partial charge is 0.492 e. The monoisotopic (exact) mass is 319 g/mol. The molecule has 0 bridgehead atoms. The van der Waals surface area contributed by atoms with E-state index in [9.17, 15) is 4.79 Å². The van der Waals surface area contributed by atoms with Crippen molar-refractivity contribution in [3.8, 4) is 5.75 Å². The average Bonchev–Trinajstić information content (AvgIpc) is 2.90. The summed E-state index contributed by atoms with van der Waals surface area (Å²) in [5.74, 6) is 2.06. The molecule has 0 aliphatic heterocycles. The van der Waals surface area contributed by atoms with Gasteiger partial charge < -0.3 is 14.1 Å². The molecule has 0 aliphatic carbocycles. The minimum absolute atomic E-state index is 0.108. The van der Waals surface area contributed by atoms with Crippen LogP contribution in [0.2, 0.25) is 5.02 Å². The number of benzene rings is 1. The summed E-state index contributed by atoms with van der Waals surface area (Å²) in [5, 5.41) is 0.624. The fourth-order valence-electron chi connectivity index (χ4n) is 1.79. The van der Waals surface area contributed by atoms with Gasteiger partial charge in [0.1, 0.15) is 23.9 Å². The number of furan rings is 1. The number of carbonyl (C=O) groups excluding carboxylic acids is 1. The standard InChI is InChI=1S/C17H18ClNO3/c1-13-6-7-15(22-13)8-9-17(20)19(2)10-11-21-16-5-3-4-14(18)12-16/h3-9,12H,10-11H2,1-2H3/b9-8+. The first kappa shape index (κ1) is 16.2.